The molecule has 2 aromatic carbocycles. The molecule has 2 N–H and O–H groups in total. The van der Waals surface area contributed by atoms with Gasteiger partial charge in [-0.05, 0) is 63.2 Å². The molecule has 0 aliphatic carbocycles. The number of nitrogens with one attached hydrogen (secondary N) is 1. The Hall–Kier alpha value is -3.17. The first kappa shape index (κ1) is 18.2. The molecule has 0 spiro atoms. The Morgan fingerprint density at radius 1 is 1.18 bits per heavy atom. The number of aromatic nitrogens is 2. The molecule has 0 radical (unpaired) electrons. The third-order valence-corrected chi connectivity index (χ3v) is 5.28. The Labute approximate surface area is 164 Å². The van der Waals surface area contributed by atoms with Crippen LogP contribution in [0.25, 0.3) is 22.0 Å². The first-order valence-electron chi connectivity index (χ1n) is 9.51. The smallest absolute Gasteiger partial charge is 0.156 e. The minimum absolute atomic E-state index is 0.176. The maximum absolute atomic E-state index is 10.4. The molecule has 1 fully saturated rings. The fourth-order valence-corrected chi connectivity index (χ4v) is 3.85. The van der Waals surface area contributed by atoms with Gasteiger partial charge in [0.15, 0.2) is 5.82 Å². The predicted octanol–water partition coefficient (Wildman–Crippen LogP) is 3.69. The Kier molecular flexibility index (Phi) is 4.84. The van der Waals surface area contributed by atoms with Crippen LogP contribution in [0.1, 0.15) is 24.0 Å². The number of rotatable bonds is 3. The number of likely N-dealkylation sites (N-methyl/N-ethyl adjacent to an activating group) is 1. The molecule has 1 aliphatic rings. The largest absolute Gasteiger partial charge is 0.507 e. The van der Waals surface area contributed by atoms with Crippen molar-refractivity contribution in [3.8, 4) is 23.1 Å². The van der Waals surface area contributed by atoms with Crippen LogP contribution in [-0.2, 0) is 0 Å². The lowest BCUT2D eigenvalue weighted by Crippen LogP contribution is -2.40. The summed E-state index contributed by atoms with van der Waals surface area (Å²) in [6, 6.07) is 13.5. The molecular formula is C22H23N5O. The van der Waals surface area contributed by atoms with E-state index in [1.54, 1.807) is 12.1 Å². The second-order valence-corrected chi connectivity index (χ2v) is 7.54. The number of piperidine rings is 1. The molecule has 1 saturated heterocycles. The van der Waals surface area contributed by atoms with E-state index in [-0.39, 0.29) is 5.75 Å². The molecule has 0 amide bonds. The van der Waals surface area contributed by atoms with Crippen LogP contribution in [0.4, 0.5) is 5.82 Å². The summed E-state index contributed by atoms with van der Waals surface area (Å²) in [6.45, 7) is 3.98. The molecule has 4 rings (SSSR count). The van der Waals surface area contributed by atoms with Crippen LogP contribution in [0, 0.1) is 18.3 Å². The van der Waals surface area contributed by atoms with Crippen LogP contribution < -0.4 is 5.32 Å². The zero-order valence-electron chi connectivity index (χ0n) is 16.1. The summed E-state index contributed by atoms with van der Waals surface area (Å²) in [6.07, 6.45) is 2.21. The van der Waals surface area contributed by atoms with Crippen molar-refractivity contribution in [2.45, 2.75) is 25.8 Å². The van der Waals surface area contributed by atoms with Gasteiger partial charge in [0.1, 0.15) is 11.4 Å². The van der Waals surface area contributed by atoms with E-state index in [0.29, 0.717) is 28.7 Å². The molecule has 6 heteroatoms. The van der Waals surface area contributed by atoms with E-state index in [0.717, 1.165) is 42.3 Å². The number of aromatic hydroxyl groups is 1. The zero-order chi connectivity index (χ0) is 19.7. The quantitative estimate of drug-likeness (QED) is 0.728. The second kappa shape index (κ2) is 7.45. The van der Waals surface area contributed by atoms with E-state index in [2.05, 4.69) is 33.5 Å². The number of nitrogens with zero attached hydrogens (tertiary/aromatic N) is 4. The highest BCUT2D eigenvalue weighted by molar-refractivity contribution is 6.01. The number of hydrogen-bond donors (Lipinski definition) is 2. The highest BCUT2D eigenvalue weighted by Crippen LogP contribution is 2.35. The molecule has 1 aliphatic heterocycles. The van der Waals surface area contributed by atoms with Gasteiger partial charge in [-0.25, -0.2) is 0 Å². The lowest BCUT2D eigenvalue weighted by molar-refractivity contribution is 0.261. The van der Waals surface area contributed by atoms with E-state index in [1.165, 1.54) is 0 Å². The molecule has 1 atom stereocenters. The van der Waals surface area contributed by atoms with Crippen LogP contribution in [0.5, 0.6) is 5.75 Å². The van der Waals surface area contributed by atoms with Crippen LogP contribution in [-0.4, -0.2) is 46.4 Å². The molecule has 0 saturated carbocycles. The Bertz CT molecular complexity index is 1070. The molecular weight excluding hydrogens is 350 g/mol. The normalized spacial score (nSPS) is 17.4. The van der Waals surface area contributed by atoms with Gasteiger partial charge in [0.25, 0.3) is 0 Å². The van der Waals surface area contributed by atoms with E-state index in [9.17, 15) is 10.4 Å². The van der Waals surface area contributed by atoms with Crippen molar-refractivity contribution in [2.75, 3.05) is 25.5 Å². The number of nitriles is 1. The highest BCUT2D eigenvalue weighted by atomic mass is 16.3. The summed E-state index contributed by atoms with van der Waals surface area (Å²) < 4.78 is 0. The van der Waals surface area contributed by atoms with Crippen LogP contribution in [0.2, 0.25) is 0 Å². The summed E-state index contributed by atoms with van der Waals surface area (Å²) in [5.41, 5.74) is 2.80. The number of likely N-dealkylation sites (tertiary alicyclic amines) is 1. The molecule has 6 nitrogen and oxygen atoms in total. The van der Waals surface area contributed by atoms with Crippen LogP contribution >= 0.6 is 0 Å². The third-order valence-electron chi connectivity index (χ3n) is 5.28. The summed E-state index contributed by atoms with van der Waals surface area (Å²) in [7, 11) is 2.12. The van der Waals surface area contributed by atoms with Crippen molar-refractivity contribution in [1.82, 2.24) is 15.1 Å². The molecule has 1 unspecified atom stereocenters. The zero-order valence-corrected chi connectivity index (χ0v) is 16.1. The van der Waals surface area contributed by atoms with E-state index >= 15 is 0 Å². The van der Waals surface area contributed by atoms with E-state index < -0.39 is 0 Å². The molecule has 1 aromatic heterocycles. The minimum Gasteiger partial charge on any atom is -0.507 e. The van der Waals surface area contributed by atoms with Gasteiger partial charge in [0, 0.05) is 28.9 Å². The number of benzene rings is 2. The fraction of sp³-hybridized carbons (Fsp3) is 0.318. The summed E-state index contributed by atoms with van der Waals surface area (Å²) in [5, 5.41) is 33.9. The average molecular weight is 373 g/mol. The number of phenols is 1. The Morgan fingerprint density at radius 2 is 2.04 bits per heavy atom. The summed E-state index contributed by atoms with van der Waals surface area (Å²) in [4.78, 5) is 2.30. The van der Waals surface area contributed by atoms with E-state index in [1.807, 2.05) is 31.2 Å². The Morgan fingerprint density at radius 3 is 2.79 bits per heavy atom. The number of anilines is 1. The molecule has 2 heterocycles. The van der Waals surface area contributed by atoms with Gasteiger partial charge in [-0.15, -0.1) is 10.2 Å². The van der Waals surface area contributed by atoms with Gasteiger partial charge in [0.05, 0.1) is 11.6 Å². The number of phenolic OH excluding ortho intramolecular Hbond substituents is 1. The average Bonchev–Trinajstić information content (AvgIpc) is 2.68. The minimum atomic E-state index is 0.176. The number of aryl methyl sites for hydroxylation is 1. The monoisotopic (exact) mass is 373 g/mol. The maximum Gasteiger partial charge on any atom is 0.156 e. The molecule has 3 aromatic rings. The van der Waals surface area contributed by atoms with Crippen molar-refractivity contribution in [2.24, 2.45) is 0 Å². The van der Waals surface area contributed by atoms with Gasteiger partial charge in [-0.1, -0.05) is 12.1 Å². The van der Waals surface area contributed by atoms with Gasteiger partial charge < -0.3 is 15.3 Å². The van der Waals surface area contributed by atoms with Gasteiger partial charge in [0.2, 0.25) is 0 Å². The standard InChI is InChI=1S/C22H23N5O/c1-14-5-7-18(20(28)10-14)21-17-8-6-15(12-23)11-19(17)22(26-25-21)24-16-4-3-9-27(2)13-16/h5-8,10-11,16,28H,3-4,9,13H2,1-2H3,(H,24,26). The number of fused-ring (bicyclic) bond motifs is 1. The SMILES string of the molecule is Cc1ccc(-c2nnc(NC3CCCN(C)C3)c3cc(C#N)ccc23)c(O)c1. The van der Waals surface area contributed by atoms with Crippen molar-refractivity contribution >= 4 is 16.6 Å². The summed E-state index contributed by atoms with van der Waals surface area (Å²) in [5.74, 6) is 0.859. The summed E-state index contributed by atoms with van der Waals surface area (Å²) >= 11 is 0. The third kappa shape index (κ3) is 3.49. The van der Waals surface area contributed by atoms with Crippen LogP contribution in [0.15, 0.2) is 36.4 Å². The van der Waals surface area contributed by atoms with E-state index in [4.69, 9.17) is 0 Å². The van der Waals surface area contributed by atoms with Gasteiger partial charge >= 0.3 is 0 Å². The van der Waals surface area contributed by atoms with Crippen molar-refractivity contribution < 1.29 is 5.11 Å². The van der Waals surface area contributed by atoms with Gasteiger partial charge in [-0.3, -0.25) is 0 Å². The van der Waals surface area contributed by atoms with Crippen LogP contribution in [0.3, 0.4) is 0 Å². The fourth-order valence-electron chi connectivity index (χ4n) is 3.85. The maximum atomic E-state index is 10.4. The first-order valence-corrected chi connectivity index (χ1v) is 9.51. The molecule has 142 valence electrons. The number of hydrogen-bond acceptors (Lipinski definition) is 6. The predicted molar refractivity (Wildman–Crippen MR) is 110 cm³/mol. The first-order chi connectivity index (χ1) is 13.5. The topological polar surface area (TPSA) is 85.1 Å². The lowest BCUT2D eigenvalue weighted by Gasteiger charge is -2.30. The molecule has 0 bridgehead atoms. The van der Waals surface area contributed by atoms with Crippen molar-refractivity contribution in [1.29, 1.82) is 5.26 Å². The van der Waals surface area contributed by atoms with Gasteiger partial charge in [-0.2, -0.15) is 5.26 Å². The second-order valence-electron chi connectivity index (χ2n) is 7.54. The lowest BCUT2D eigenvalue weighted by atomic mass is 10.0. The van der Waals surface area contributed by atoms with Crippen molar-refractivity contribution in [3.05, 3.63) is 47.5 Å². The highest BCUT2D eigenvalue weighted by Gasteiger charge is 2.20. The molecule has 28 heavy (non-hydrogen) atoms. The Balaban J connectivity index is 1.82. The van der Waals surface area contributed by atoms with Crippen molar-refractivity contribution in [3.63, 3.8) is 0 Å².